The van der Waals surface area contributed by atoms with Crippen molar-refractivity contribution in [2.75, 3.05) is 0 Å². The Morgan fingerprint density at radius 2 is 1.85 bits per heavy atom. The van der Waals surface area contributed by atoms with E-state index in [4.69, 9.17) is 0 Å². The molecule has 0 aromatic heterocycles. The van der Waals surface area contributed by atoms with E-state index in [1.807, 2.05) is 0 Å². The van der Waals surface area contributed by atoms with Crippen molar-refractivity contribution in [2.45, 2.75) is 47.0 Å². The van der Waals surface area contributed by atoms with Gasteiger partial charge in [0.25, 0.3) is 0 Å². The Morgan fingerprint density at radius 3 is 2.55 bits per heavy atom. The van der Waals surface area contributed by atoms with E-state index in [1.165, 1.54) is 39.0 Å². The molecule has 20 heavy (non-hydrogen) atoms. The van der Waals surface area contributed by atoms with Crippen molar-refractivity contribution in [3.63, 3.8) is 0 Å². The van der Waals surface area contributed by atoms with E-state index < -0.39 is 0 Å². The molecular formula is C20H24. The van der Waals surface area contributed by atoms with Gasteiger partial charge in [0.1, 0.15) is 0 Å². The summed E-state index contributed by atoms with van der Waals surface area (Å²) in [6.07, 6.45) is 10.7. The number of allylic oxidation sites excluding steroid dienone is 5. The molecule has 0 saturated carbocycles. The first-order chi connectivity index (χ1) is 9.62. The lowest BCUT2D eigenvalue weighted by Crippen LogP contribution is -2.14. The van der Waals surface area contributed by atoms with Gasteiger partial charge in [-0.3, -0.25) is 0 Å². The van der Waals surface area contributed by atoms with Crippen molar-refractivity contribution in [1.82, 2.24) is 0 Å². The van der Waals surface area contributed by atoms with Crippen molar-refractivity contribution < 1.29 is 0 Å². The average Bonchev–Trinajstić information content (AvgIpc) is 2.44. The summed E-state index contributed by atoms with van der Waals surface area (Å²) >= 11 is 0. The number of benzene rings is 1. The van der Waals surface area contributed by atoms with E-state index in [2.05, 4.69) is 58.1 Å². The van der Waals surface area contributed by atoms with Gasteiger partial charge >= 0.3 is 0 Å². The lowest BCUT2D eigenvalue weighted by atomic mass is 9.77. The molecule has 104 valence electrons. The van der Waals surface area contributed by atoms with Crippen LogP contribution in [0, 0.1) is 12.8 Å². The van der Waals surface area contributed by atoms with Crippen molar-refractivity contribution in [3.8, 4) is 0 Å². The van der Waals surface area contributed by atoms with Crippen LogP contribution in [0.4, 0.5) is 0 Å². The zero-order chi connectivity index (χ0) is 14.3. The fraction of sp³-hybridized carbons (Fsp3) is 0.400. The molecule has 1 aromatic carbocycles. The molecule has 0 heterocycles. The first-order valence-corrected chi connectivity index (χ1v) is 7.85. The molecule has 1 aromatic rings. The summed E-state index contributed by atoms with van der Waals surface area (Å²) in [7, 11) is 0. The van der Waals surface area contributed by atoms with Crippen LogP contribution in [0.5, 0.6) is 0 Å². The van der Waals surface area contributed by atoms with Crippen LogP contribution < -0.4 is 0 Å². The van der Waals surface area contributed by atoms with E-state index in [0.717, 1.165) is 19.3 Å². The molecule has 0 heteroatoms. The highest BCUT2D eigenvalue weighted by atomic mass is 14.3. The van der Waals surface area contributed by atoms with E-state index in [-0.39, 0.29) is 0 Å². The highest BCUT2D eigenvalue weighted by Crippen LogP contribution is 2.37. The van der Waals surface area contributed by atoms with Crippen LogP contribution in [0.3, 0.4) is 0 Å². The van der Waals surface area contributed by atoms with Gasteiger partial charge < -0.3 is 0 Å². The number of fused-ring (bicyclic) bond motifs is 2. The van der Waals surface area contributed by atoms with Gasteiger partial charge in [0.05, 0.1) is 0 Å². The second-order valence-electron chi connectivity index (χ2n) is 6.16. The van der Waals surface area contributed by atoms with Crippen LogP contribution in [0.25, 0.3) is 6.08 Å². The quantitative estimate of drug-likeness (QED) is 0.670. The normalized spacial score (nSPS) is 20.6. The highest BCUT2D eigenvalue weighted by Gasteiger charge is 2.22. The summed E-state index contributed by atoms with van der Waals surface area (Å²) in [5, 5.41) is 0. The maximum absolute atomic E-state index is 2.47. The fourth-order valence-electron chi connectivity index (χ4n) is 3.57. The maximum atomic E-state index is 2.47. The lowest BCUT2D eigenvalue weighted by molar-refractivity contribution is 0.743. The predicted molar refractivity (Wildman–Crippen MR) is 87.9 cm³/mol. The van der Waals surface area contributed by atoms with E-state index >= 15 is 0 Å². The summed E-state index contributed by atoms with van der Waals surface area (Å²) < 4.78 is 0. The van der Waals surface area contributed by atoms with Crippen molar-refractivity contribution in [2.24, 2.45) is 5.92 Å². The SMILES string of the molecule is CCC1=CC2=Cc3cc(CC)c(C)cc3CC2C=C1C. The zero-order valence-electron chi connectivity index (χ0n) is 13.1. The smallest absolute Gasteiger partial charge is 0.00647 e. The van der Waals surface area contributed by atoms with Gasteiger partial charge in [-0.15, -0.1) is 0 Å². The first-order valence-electron chi connectivity index (χ1n) is 7.85. The number of hydrogen-bond donors (Lipinski definition) is 0. The highest BCUT2D eigenvalue weighted by molar-refractivity contribution is 5.67. The predicted octanol–water partition coefficient (Wildman–Crippen LogP) is 5.41. The van der Waals surface area contributed by atoms with Crippen LogP contribution >= 0.6 is 0 Å². The Balaban J connectivity index is 2.08. The van der Waals surface area contributed by atoms with Gasteiger partial charge in [0, 0.05) is 5.92 Å². The molecule has 0 radical (unpaired) electrons. The molecule has 3 rings (SSSR count). The van der Waals surface area contributed by atoms with Crippen LogP contribution in [-0.4, -0.2) is 0 Å². The third-order valence-electron chi connectivity index (χ3n) is 4.85. The molecule has 0 N–H and O–H groups in total. The van der Waals surface area contributed by atoms with Crippen LogP contribution in [0.15, 0.2) is 41.0 Å². The number of hydrogen-bond acceptors (Lipinski definition) is 0. The van der Waals surface area contributed by atoms with Gasteiger partial charge in [-0.1, -0.05) is 49.8 Å². The third-order valence-corrected chi connectivity index (χ3v) is 4.85. The van der Waals surface area contributed by atoms with Gasteiger partial charge in [-0.2, -0.15) is 0 Å². The summed E-state index contributed by atoms with van der Waals surface area (Å²) in [4.78, 5) is 0. The van der Waals surface area contributed by atoms with E-state index in [1.54, 1.807) is 0 Å². The first kappa shape index (κ1) is 13.4. The monoisotopic (exact) mass is 264 g/mol. The van der Waals surface area contributed by atoms with Crippen molar-refractivity contribution in [1.29, 1.82) is 0 Å². The molecule has 2 aliphatic carbocycles. The van der Waals surface area contributed by atoms with Gasteiger partial charge in [0.2, 0.25) is 0 Å². The molecular weight excluding hydrogens is 240 g/mol. The minimum Gasteiger partial charge on any atom is -0.0735 e. The molecule has 0 spiro atoms. The minimum atomic E-state index is 0.588. The third kappa shape index (κ3) is 2.18. The van der Waals surface area contributed by atoms with Crippen molar-refractivity contribution >= 4 is 6.08 Å². The fourth-order valence-corrected chi connectivity index (χ4v) is 3.57. The Hall–Kier alpha value is -1.56. The molecule has 1 unspecified atom stereocenters. The minimum absolute atomic E-state index is 0.588. The Bertz CT molecular complexity index is 638. The van der Waals surface area contributed by atoms with Crippen LogP contribution in [0.2, 0.25) is 0 Å². The summed E-state index contributed by atoms with van der Waals surface area (Å²) in [5.74, 6) is 0.588. The standard InChI is InChI=1S/C20H24/c1-5-15-9-19-12-20-10-16(6-2)14(4)8-18(20)11-17(19)7-13(15)3/h7-10,12,17H,5-6,11H2,1-4H3. The number of aryl methyl sites for hydroxylation is 2. The van der Waals surface area contributed by atoms with E-state index in [0.29, 0.717) is 5.92 Å². The average molecular weight is 264 g/mol. The van der Waals surface area contributed by atoms with E-state index in [9.17, 15) is 0 Å². The number of rotatable bonds is 2. The molecule has 1 atom stereocenters. The molecule has 2 aliphatic rings. The van der Waals surface area contributed by atoms with Crippen LogP contribution in [0.1, 0.15) is 49.4 Å². The Labute approximate surface area is 122 Å². The molecule has 0 amide bonds. The summed E-state index contributed by atoms with van der Waals surface area (Å²) in [6.45, 7) is 9.00. The second-order valence-corrected chi connectivity index (χ2v) is 6.16. The molecule has 0 saturated heterocycles. The van der Waals surface area contributed by atoms with Gasteiger partial charge in [-0.25, -0.2) is 0 Å². The molecule has 0 nitrogen and oxygen atoms in total. The summed E-state index contributed by atoms with van der Waals surface area (Å²) in [6, 6.07) is 4.81. The Morgan fingerprint density at radius 1 is 1.05 bits per heavy atom. The maximum Gasteiger partial charge on any atom is 0.00647 e. The second kappa shape index (κ2) is 5.09. The zero-order valence-corrected chi connectivity index (χ0v) is 13.1. The molecule has 0 fully saturated rings. The van der Waals surface area contributed by atoms with Crippen molar-refractivity contribution in [3.05, 3.63) is 63.3 Å². The van der Waals surface area contributed by atoms with Gasteiger partial charge in [-0.05, 0) is 66.5 Å². The topological polar surface area (TPSA) is 0 Å². The lowest BCUT2D eigenvalue weighted by Gasteiger charge is -2.28. The van der Waals surface area contributed by atoms with Gasteiger partial charge in [0.15, 0.2) is 0 Å². The van der Waals surface area contributed by atoms with Crippen LogP contribution in [-0.2, 0) is 12.8 Å². The summed E-state index contributed by atoms with van der Waals surface area (Å²) in [5.41, 5.74) is 10.4. The largest absolute Gasteiger partial charge is 0.0735 e. The molecule has 0 aliphatic heterocycles. The Kier molecular flexibility index (Phi) is 3.41. The molecule has 0 bridgehead atoms.